The average Bonchev–Trinajstić information content (AvgIpc) is 2.64. The molecule has 1 aliphatic carbocycles. The van der Waals surface area contributed by atoms with E-state index in [1.807, 2.05) is 0 Å². The van der Waals surface area contributed by atoms with Gasteiger partial charge in [0.1, 0.15) is 4.90 Å². The fourth-order valence-electron chi connectivity index (χ4n) is 2.66. The first-order chi connectivity index (χ1) is 9.94. The molecule has 1 fully saturated rings. The van der Waals surface area contributed by atoms with Crippen LogP contribution in [0, 0.1) is 0 Å². The van der Waals surface area contributed by atoms with Gasteiger partial charge in [0.05, 0.1) is 17.8 Å². The smallest absolute Gasteiger partial charge is 0.242 e. The number of nitrogens with one attached hydrogen (secondary N) is 2. The molecule has 7 heteroatoms. The van der Waals surface area contributed by atoms with E-state index in [1.54, 1.807) is 12.1 Å². The first kappa shape index (κ1) is 16.1. The highest BCUT2D eigenvalue weighted by Crippen LogP contribution is 2.25. The second-order valence-corrected chi connectivity index (χ2v) is 7.27. The number of anilines is 2. The largest absolute Gasteiger partial charge is 0.398 e. The van der Waals surface area contributed by atoms with Crippen molar-refractivity contribution in [1.82, 2.24) is 4.72 Å². The third kappa shape index (κ3) is 3.87. The van der Waals surface area contributed by atoms with Crippen LogP contribution in [0.2, 0.25) is 0 Å². The quantitative estimate of drug-likeness (QED) is 0.495. The minimum atomic E-state index is -3.55. The van der Waals surface area contributed by atoms with Crippen LogP contribution >= 0.6 is 0 Å². The van der Waals surface area contributed by atoms with E-state index in [1.165, 1.54) is 13.1 Å². The summed E-state index contributed by atoms with van der Waals surface area (Å²) in [4.78, 5) is 0.0666. The summed E-state index contributed by atoms with van der Waals surface area (Å²) in [7, 11) is -2.20. The molecule has 0 radical (unpaired) electrons. The number of hydrogen-bond acceptors (Lipinski definition) is 5. The van der Waals surface area contributed by atoms with Crippen LogP contribution < -0.4 is 15.8 Å². The second-order valence-electron chi connectivity index (χ2n) is 5.42. The zero-order valence-electron chi connectivity index (χ0n) is 12.2. The van der Waals surface area contributed by atoms with Gasteiger partial charge in [-0.3, -0.25) is 0 Å². The van der Waals surface area contributed by atoms with Gasteiger partial charge in [-0.2, -0.15) is 0 Å². The highest BCUT2D eigenvalue weighted by Gasteiger charge is 2.22. The standard InChI is InChI=1S/C14H23N3O3S/c1-16-21(19,20)14-8-7-10(9-11(14)15)17-12-5-3-2-4-6-13(12)18/h7-9,12-13,16-18H,2-6,15H2,1H3. The molecule has 0 amide bonds. The highest BCUT2D eigenvalue weighted by molar-refractivity contribution is 7.89. The molecule has 0 aromatic heterocycles. The first-order valence-corrected chi connectivity index (χ1v) is 8.70. The lowest BCUT2D eigenvalue weighted by atomic mass is 10.1. The topological polar surface area (TPSA) is 104 Å². The van der Waals surface area contributed by atoms with Crippen molar-refractivity contribution in [3.63, 3.8) is 0 Å². The van der Waals surface area contributed by atoms with Crippen molar-refractivity contribution in [2.24, 2.45) is 0 Å². The molecule has 1 aromatic rings. The van der Waals surface area contributed by atoms with E-state index in [0.717, 1.165) is 37.8 Å². The number of benzene rings is 1. The molecule has 1 aliphatic rings. The van der Waals surface area contributed by atoms with Crippen LogP contribution in [-0.2, 0) is 10.0 Å². The van der Waals surface area contributed by atoms with Crippen molar-refractivity contribution >= 4 is 21.4 Å². The van der Waals surface area contributed by atoms with E-state index in [9.17, 15) is 13.5 Å². The van der Waals surface area contributed by atoms with E-state index < -0.39 is 10.0 Å². The summed E-state index contributed by atoms with van der Waals surface area (Å²) in [6.07, 6.45) is 4.57. The van der Waals surface area contributed by atoms with Gasteiger partial charge in [-0.25, -0.2) is 13.1 Å². The number of aliphatic hydroxyl groups excluding tert-OH is 1. The molecule has 0 bridgehead atoms. The summed E-state index contributed by atoms with van der Waals surface area (Å²) in [5.41, 5.74) is 6.75. The lowest BCUT2D eigenvalue weighted by molar-refractivity contribution is 0.144. The van der Waals surface area contributed by atoms with Crippen LogP contribution in [0.1, 0.15) is 32.1 Å². The maximum absolute atomic E-state index is 11.8. The van der Waals surface area contributed by atoms with Gasteiger partial charge in [0.25, 0.3) is 0 Å². The Morgan fingerprint density at radius 2 is 1.95 bits per heavy atom. The number of nitrogens with two attached hydrogens (primary N) is 1. The van der Waals surface area contributed by atoms with Crippen molar-refractivity contribution in [1.29, 1.82) is 0 Å². The lowest BCUT2D eigenvalue weighted by Gasteiger charge is -2.23. The molecule has 5 N–H and O–H groups in total. The predicted molar refractivity (Wildman–Crippen MR) is 83.6 cm³/mol. The van der Waals surface area contributed by atoms with Gasteiger partial charge in [-0.15, -0.1) is 0 Å². The summed E-state index contributed by atoms with van der Waals surface area (Å²) >= 11 is 0. The van der Waals surface area contributed by atoms with Crippen molar-refractivity contribution in [2.45, 2.75) is 49.1 Å². The number of hydrogen-bond donors (Lipinski definition) is 4. The molecular formula is C14H23N3O3S. The van der Waals surface area contributed by atoms with E-state index in [-0.39, 0.29) is 22.7 Å². The molecular weight excluding hydrogens is 290 g/mol. The van der Waals surface area contributed by atoms with Crippen molar-refractivity contribution in [2.75, 3.05) is 18.1 Å². The molecule has 0 heterocycles. The van der Waals surface area contributed by atoms with Crippen LogP contribution in [0.4, 0.5) is 11.4 Å². The Kier molecular flexibility index (Phi) is 5.08. The van der Waals surface area contributed by atoms with E-state index in [2.05, 4.69) is 10.0 Å². The van der Waals surface area contributed by atoms with E-state index in [0.29, 0.717) is 0 Å². The summed E-state index contributed by atoms with van der Waals surface area (Å²) in [6, 6.07) is 4.74. The lowest BCUT2D eigenvalue weighted by Crippen LogP contribution is -2.32. The van der Waals surface area contributed by atoms with E-state index >= 15 is 0 Å². The van der Waals surface area contributed by atoms with Crippen LogP contribution in [0.25, 0.3) is 0 Å². The third-order valence-corrected chi connectivity index (χ3v) is 5.39. The first-order valence-electron chi connectivity index (χ1n) is 7.21. The highest BCUT2D eigenvalue weighted by atomic mass is 32.2. The van der Waals surface area contributed by atoms with Crippen LogP contribution in [-0.4, -0.2) is 32.7 Å². The normalized spacial score (nSPS) is 23.5. The number of aliphatic hydroxyl groups is 1. The Bertz CT molecular complexity index is 589. The molecule has 21 heavy (non-hydrogen) atoms. The molecule has 1 saturated carbocycles. The van der Waals surface area contributed by atoms with Crippen molar-refractivity contribution in [3.8, 4) is 0 Å². The van der Waals surface area contributed by atoms with Gasteiger partial charge in [0, 0.05) is 5.69 Å². The molecule has 1 aromatic carbocycles. The maximum atomic E-state index is 11.8. The zero-order valence-corrected chi connectivity index (χ0v) is 13.0. The molecule has 118 valence electrons. The summed E-state index contributed by atoms with van der Waals surface area (Å²) < 4.78 is 25.8. The molecule has 2 atom stereocenters. The predicted octanol–water partition coefficient (Wildman–Crippen LogP) is 1.28. The maximum Gasteiger partial charge on any atom is 0.242 e. The Balaban J connectivity index is 2.17. The van der Waals surface area contributed by atoms with Gasteiger partial charge in [-0.1, -0.05) is 19.3 Å². The molecule has 0 aliphatic heterocycles. The fraction of sp³-hybridized carbons (Fsp3) is 0.571. The van der Waals surface area contributed by atoms with E-state index in [4.69, 9.17) is 5.73 Å². The van der Waals surface area contributed by atoms with Crippen LogP contribution in [0.15, 0.2) is 23.1 Å². The van der Waals surface area contributed by atoms with Gasteiger partial charge >= 0.3 is 0 Å². The van der Waals surface area contributed by atoms with Crippen molar-refractivity contribution < 1.29 is 13.5 Å². The third-order valence-electron chi connectivity index (χ3n) is 3.90. The Hall–Kier alpha value is -1.31. The van der Waals surface area contributed by atoms with Gasteiger partial charge in [0.15, 0.2) is 0 Å². The zero-order chi connectivity index (χ0) is 15.5. The fourth-order valence-corrected chi connectivity index (χ4v) is 3.50. The minimum Gasteiger partial charge on any atom is -0.398 e. The monoisotopic (exact) mass is 313 g/mol. The Morgan fingerprint density at radius 3 is 2.62 bits per heavy atom. The Labute approximate surface area is 125 Å². The van der Waals surface area contributed by atoms with Gasteiger partial charge in [0.2, 0.25) is 10.0 Å². The summed E-state index contributed by atoms with van der Waals surface area (Å²) in [5, 5.41) is 13.4. The number of rotatable bonds is 4. The van der Waals surface area contributed by atoms with Crippen LogP contribution in [0.5, 0.6) is 0 Å². The molecule has 0 spiro atoms. The van der Waals surface area contributed by atoms with Crippen molar-refractivity contribution in [3.05, 3.63) is 18.2 Å². The SMILES string of the molecule is CNS(=O)(=O)c1ccc(NC2CCCCCC2O)cc1N. The summed E-state index contributed by atoms with van der Waals surface area (Å²) in [5.74, 6) is 0. The van der Waals surface area contributed by atoms with Gasteiger partial charge in [-0.05, 0) is 38.1 Å². The number of sulfonamides is 1. The Morgan fingerprint density at radius 1 is 1.24 bits per heavy atom. The number of nitrogen functional groups attached to an aromatic ring is 1. The minimum absolute atomic E-state index is 0.0151. The van der Waals surface area contributed by atoms with Gasteiger partial charge < -0.3 is 16.2 Å². The molecule has 2 unspecified atom stereocenters. The molecule has 2 rings (SSSR count). The molecule has 0 saturated heterocycles. The average molecular weight is 313 g/mol. The van der Waals surface area contributed by atoms with Crippen LogP contribution in [0.3, 0.4) is 0 Å². The molecule has 6 nitrogen and oxygen atoms in total. The second kappa shape index (κ2) is 6.64. The summed E-state index contributed by atoms with van der Waals surface area (Å²) in [6.45, 7) is 0.